The maximum Gasteiger partial charge on any atom is 0.230 e. The molecule has 2 fully saturated rings. The molecular formula is C25H36N2O2. The topological polar surface area (TPSA) is 49.4 Å². The quantitative estimate of drug-likeness (QED) is 0.670. The lowest BCUT2D eigenvalue weighted by molar-refractivity contribution is -0.122. The minimum Gasteiger partial charge on any atom is -0.326 e. The monoisotopic (exact) mass is 396 g/mol. The zero-order valence-electron chi connectivity index (χ0n) is 17.9. The molecule has 0 unspecified atom stereocenters. The molecule has 3 aliphatic rings. The van der Waals surface area contributed by atoms with Crippen LogP contribution in [0.2, 0.25) is 0 Å². The van der Waals surface area contributed by atoms with Gasteiger partial charge in [0.15, 0.2) is 0 Å². The second kappa shape index (κ2) is 9.32. The standard InChI is InChI=1S/C25H36N2O2/c1-2-3-6-18-9-11-20(12-10-18)24(28)26-22-14-13-19-15-16-27(23(19)17-22)25(29)21-7-4-5-8-21/h13-14,17-18,20-21H,2-12,15-16H2,1H3,(H,26,28). The number of nitrogens with zero attached hydrogens (tertiary/aromatic N) is 1. The third kappa shape index (κ3) is 4.67. The first kappa shape index (κ1) is 20.4. The fourth-order valence-corrected chi connectivity index (χ4v) is 5.53. The van der Waals surface area contributed by atoms with Crippen LogP contribution >= 0.6 is 0 Å². The van der Waals surface area contributed by atoms with Crippen LogP contribution in [0, 0.1) is 17.8 Å². The number of amides is 2. The molecule has 0 radical (unpaired) electrons. The highest BCUT2D eigenvalue weighted by molar-refractivity contribution is 5.99. The van der Waals surface area contributed by atoms with E-state index in [1.54, 1.807) is 0 Å². The molecule has 2 saturated carbocycles. The molecule has 0 bridgehead atoms. The summed E-state index contributed by atoms with van der Waals surface area (Å²) >= 11 is 0. The Bertz CT molecular complexity index is 730. The molecule has 4 rings (SSSR count). The van der Waals surface area contributed by atoms with Crippen molar-refractivity contribution in [1.82, 2.24) is 0 Å². The third-order valence-corrected chi connectivity index (χ3v) is 7.40. The number of anilines is 2. The maximum atomic E-state index is 12.9. The molecule has 2 aliphatic carbocycles. The van der Waals surface area contributed by atoms with Gasteiger partial charge in [0.25, 0.3) is 0 Å². The summed E-state index contributed by atoms with van der Waals surface area (Å²) in [6.07, 6.45) is 13.6. The molecule has 1 heterocycles. The lowest BCUT2D eigenvalue weighted by Crippen LogP contribution is -2.33. The number of unbranched alkanes of at least 4 members (excludes halogenated alkanes) is 1. The minimum atomic E-state index is 0.136. The van der Waals surface area contributed by atoms with Crippen molar-refractivity contribution in [2.75, 3.05) is 16.8 Å². The van der Waals surface area contributed by atoms with Crippen molar-refractivity contribution < 1.29 is 9.59 Å². The van der Waals surface area contributed by atoms with Crippen LogP contribution in [-0.2, 0) is 16.0 Å². The summed E-state index contributed by atoms with van der Waals surface area (Å²) in [6, 6.07) is 6.13. The van der Waals surface area contributed by atoms with Crippen LogP contribution in [-0.4, -0.2) is 18.4 Å². The number of rotatable bonds is 6. The molecule has 4 heteroatoms. The van der Waals surface area contributed by atoms with Gasteiger partial charge < -0.3 is 10.2 Å². The number of hydrogen-bond donors (Lipinski definition) is 1. The van der Waals surface area contributed by atoms with Crippen molar-refractivity contribution >= 4 is 23.2 Å². The van der Waals surface area contributed by atoms with E-state index in [2.05, 4.69) is 18.3 Å². The Balaban J connectivity index is 1.36. The van der Waals surface area contributed by atoms with Crippen molar-refractivity contribution in [3.05, 3.63) is 23.8 Å². The van der Waals surface area contributed by atoms with Crippen LogP contribution in [0.5, 0.6) is 0 Å². The summed E-state index contributed by atoms with van der Waals surface area (Å²) in [4.78, 5) is 27.7. The van der Waals surface area contributed by atoms with E-state index < -0.39 is 0 Å². The summed E-state index contributed by atoms with van der Waals surface area (Å²) in [5, 5.41) is 3.15. The van der Waals surface area contributed by atoms with Gasteiger partial charge in [-0.2, -0.15) is 0 Å². The first-order chi connectivity index (χ1) is 14.2. The maximum absolute atomic E-state index is 12.9. The predicted octanol–water partition coefficient (Wildman–Crippen LogP) is 5.70. The van der Waals surface area contributed by atoms with Crippen molar-refractivity contribution in [2.24, 2.45) is 17.8 Å². The van der Waals surface area contributed by atoms with Crippen molar-refractivity contribution in [2.45, 2.75) is 84.0 Å². The minimum absolute atomic E-state index is 0.136. The average Bonchev–Trinajstić information content (AvgIpc) is 3.42. The summed E-state index contributed by atoms with van der Waals surface area (Å²) in [6.45, 7) is 3.03. The van der Waals surface area contributed by atoms with Gasteiger partial charge in [0, 0.05) is 29.8 Å². The molecule has 158 valence electrons. The Labute approximate surface area is 175 Å². The Kier molecular flexibility index (Phi) is 6.56. The number of fused-ring (bicyclic) bond motifs is 1. The number of carbonyl (C=O) groups is 2. The van der Waals surface area contributed by atoms with Gasteiger partial charge in [-0.05, 0) is 68.6 Å². The zero-order valence-corrected chi connectivity index (χ0v) is 17.9. The third-order valence-electron chi connectivity index (χ3n) is 7.40. The van der Waals surface area contributed by atoms with E-state index in [0.717, 1.165) is 55.9 Å². The summed E-state index contributed by atoms with van der Waals surface area (Å²) < 4.78 is 0. The molecule has 1 aromatic rings. The molecular weight excluding hydrogens is 360 g/mol. The van der Waals surface area contributed by atoms with Crippen LogP contribution in [0.1, 0.15) is 83.1 Å². The highest BCUT2D eigenvalue weighted by atomic mass is 16.2. The summed E-state index contributed by atoms with van der Waals surface area (Å²) in [7, 11) is 0. The van der Waals surface area contributed by atoms with Gasteiger partial charge in [0.2, 0.25) is 11.8 Å². The highest BCUT2D eigenvalue weighted by Gasteiger charge is 2.32. The van der Waals surface area contributed by atoms with Gasteiger partial charge in [0.05, 0.1) is 0 Å². The first-order valence-electron chi connectivity index (χ1n) is 11.9. The van der Waals surface area contributed by atoms with Crippen LogP contribution in [0.4, 0.5) is 11.4 Å². The van der Waals surface area contributed by atoms with Crippen molar-refractivity contribution in [3.8, 4) is 0 Å². The van der Waals surface area contributed by atoms with E-state index in [-0.39, 0.29) is 23.7 Å². The number of carbonyl (C=O) groups excluding carboxylic acids is 2. The van der Waals surface area contributed by atoms with E-state index in [4.69, 9.17) is 0 Å². The van der Waals surface area contributed by atoms with Crippen LogP contribution in [0.25, 0.3) is 0 Å². The molecule has 1 aliphatic heterocycles. The SMILES string of the molecule is CCCCC1CCC(C(=O)Nc2ccc3c(c2)N(C(=O)C2CCCC2)CC3)CC1. The Morgan fingerprint density at radius 3 is 2.52 bits per heavy atom. The molecule has 29 heavy (non-hydrogen) atoms. The van der Waals surface area contributed by atoms with E-state index in [1.165, 1.54) is 50.5 Å². The largest absolute Gasteiger partial charge is 0.326 e. The van der Waals surface area contributed by atoms with E-state index >= 15 is 0 Å². The molecule has 0 aromatic heterocycles. The van der Waals surface area contributed by atoms with Gasteiger partial charge in [-0.3, -0.25) is 9.59 Å². The lowest BCUT2D eigenvalue weighted by Gasteiger charge is -2.28. The van der Waals surface area contributed by atoms with Crippen LogP contribution < -0.4 is 10.2 Å². The van der Waals surface area contributed by atoms with Crippen LogP contribution in [0.3, 0.4) is 0 Å². The molecule has 1 aromatic carbocycles. The van der Waals surface area contributed by atoms with Gasteiger partial charge in [0.1, 0.15) is 0 Å². The fraction of sp³-hybridized carbons (Fsp3) is 0.680. The average molecular weight is 397 g/mol. The molecule has 1 N–H and O–H groups in total. The second-order valence-electron chi connectivity index (χ2n) is 9.41. The number of benzene rings is 1. The number of nitrogens with one attached hydrogen (secondary N) is 1. The lowest BCUT2D eigenvalue weighted by atomic mass is 9.79. The number of hydrogen-bond acceptors (Lipinski definition) is 2. The predicted molar refractivity (Wildman–Crippen MR) is 118 cm³/mol. The van der Waals surface area contributed by atoms with E-state index in [0.29, 0.717) is 0 Å². The normalized spacial score (nSPS) is 24.5. The van der Waals surface area contributed by atoms with Gasteiger partial charge in [-0.15, -0.1) is 0 Å². The van der Waals surface area contributed by atoms with Gasteiger partial charge in [-0.25, -0.2) is 0 Å². The van der Waals surface area contributed by atoms with Crippen molar-refractivity contribution in [3.63, 3.8) is 0 Å². The first-order valence-corrected chi connectivity index (χ1v) is 11.9. The molecule has 0 spiro atoms. The Morgan fingerprint density at radius 1 is 1.03 bits per heavy atom. The summed E-state index contributed by atoms with van der Waals surface area (Å²) in [5.74, 6) is 1.59. The van der Waals surface area contributed by atoms with Crippen molar-refractivity contribution in [1.29, 1.82) is 0 Å². The molecule has 0 saturated heterocycles. The highest BCUT2D eigenvalue weighted by Crippen LogP contribution is 2.36. The van der Waals surface area contributed by atoms with E-state index in [9.17, 15) is 9.59 Å². The van der Waals surface area contributed by atoms with Crippen LogP contribution in [0.15, 0.2) is 18.2 Å². The Hall–Kier alpha value is -1.84. The van der Waals surface area contributed by atoms with Gasteiger partial charge >= 0.3 is 0 Å². The second-order valence-corrected chi connectivity index (χ2v) is 9.41. The molecule has 2 amide bonds. The molecule has 0 atom stereocenters. The van der Waals surface area contributed by atoms with E-state index in [1.807, 2.05) is 17.0 Å². The zero-order chi connectivity index (χ0) is 20.2. The molecule has 4 nitrogen and oxygen atoms in total. The van der Waals surface area contributed by atoms with Gasteiger partial charge in [-0.1, -0.05) is 45.1 Å². The summed E-state index contributed by atoms with van der Waals surface area (Å²) in [5.41, 5.74) is 3.08. The fourth-order valence-electron chi connectivity index (χ4n) is 5.53. The Morgan fingerprint density at radius 2 is 1.79 bits per heavy atom. The smallest absolute Gasteiger partial charge is 0.230 e.